The highest BCUT2D eigenvalue weighted by molar-refractivity contribution is 6.30. The average Bonchev–Trinajstić information content (AvgIpc) is 3.75. The summed E-state index contributed by atoms with van der Waals surface area (Å²) >= 11 is 6.42. The van der Waals surface area contributed by atoms with Crippen LogP contribution >= 0.6 is 11.6 Å². The summed E-state index contributed by atoms with van der Waals surface area (Å²) in [5.74, 6) is 1.43. The normalized spacial score (nSPS) is 12.8. The van der Waals surface area contributed by atoms with Crippen molar-refractivity contribution >= 4 is 23.3 Å². The molecule has 4 rings (SSSR count). The van der Waals surface area contributed by atoms with E-state index in [1.54, 1.807) is 30.9 Å². The van der Waals surface area contributed by atoms with Gasteiger partial charge in [-0.25, -0.2) is 4.79 Å². The van der Waals surface area contributed by atoms with Gasteiger partial charge in [-0.1, -0.05) is 23.7 Å². The molecule has 0 bridgehead atoms. The number of hydrogen-bond acceptors (Lipinski definition) is 6. The number of carbonyl (C=O) groups is 1. The van der Waals surface area contributed by atoms with E-state index < -0.39 is 0 Å². The van der Waals surface area contributed by atoms with Crippen molar-refractivity contribution in [3.05, 3.63) is 86.3 Å². The molecule has 36 heavy (non-hydrogen) atoms. The summed E-state index contributed by atoms with van der Waals surface area (Å²) in [6, 6.07) is 14.8. The van der Waals surface area contributed by atoms with Crippen LogP contribution in [0, 0.1) is 0 Å². The molecule has 1 fully saturated rings. The maximum atomic E-state index is 13.2. The molecule has 0 amide bonds. The second-order valence-corrected chi connectivity index (χ2v) is 9.40. The second kappa shape index (κ2) is 11.1. The van der Waals surface area contributed by atoms with Crippen LogP contribution in [0.3, 0.4) is 0 Å². The third-order valence-corrected chi connectivity index (χ3v) is 6.84. The molecule has 1 heterocycles. The Morgan fingerprint density at radius 3 is 2.22 bits per heavy atom. The standard InChI is InChI=1S/C28H31ClN2O5/c1-30(21-13-22(34-2)15-23(14-21)35-3)17-26-24(19-9-10-19)16-25(29)27(32)31(26)12-11-18-5-7-20(8-6-18)28(33)36-4/h5-8,13-16,19H,9-12,17H2,1-4H3. The van der Waals surface area contributed by atoms with Gasteiger partial charge in [0.25, 0.3) is 5.56 Å². The molecule has 0 radical (unpaired) electrons. The van der Waals surface area contributed by atoms with E-state index in [1.807, 2.05) is 43.4 Å². The number of nitrogens with zero attached hydrogens (tertiary/aromatic N) is 2. The van der Waals surface area contributed by atoms with Gasteiger partial charge in [0.15, 0.2) is 0 Å². The number of aryl methyl sites for hydroxylation is 1. The van der Waals surface area contributed by atoms with Gasteiger partial charge in [-0.3, -0.25) is 4.79 Å². The smallest absolute Gasteiger partial charge is 0.337 e. The summed E-state index contributed by atoms with van der Waals surface area (Å²) in [6.07, 6.45) is 2.80. The summed E-state index contributed by atoms with van der Waals surface area (Å²) < 4.78 is 17.5. The summed E-state index contributed by atoms with van der Waals surface area (Å²) in [5.41, 5.74) is 4.32. The number of ether oxygens (including phenoxy) is 3. The topological polar surface area (TPSA) is 70.0 Å². The van der Waals surface area contributed by atoms with Crippen LogP contribution in [0.5, 0.6) is 11.5 Å². The first-order valence-corrected chi connectivity index (χ1v) is 12.3. The van der Waals surface area contributed by atoms with Crippen molar-refractivity contribution in [3.8, 4) is 11.5 Å². The fraction of sp³-hybridized carbons (Fsp3) is 0.357. The minimum Gasteiger partial charge on any atom is -0.497 e. The SMILES string of the molecule is COC(=O)c1ccc(CCn2c(CN(C)c3cc(OC)cc(OC)c3)c(C3CC3)cc(Cl)c2=O)cc1. The maximum Gasteiger partial charge on any atom is 0.337 e. The third-order valence-electron chi connectivity index (χ3n) is 6.57. The molecule has 1 aliphatic carbocycles. The number of hydrogen-bond donors (Lipinski definition) is 0. The quantitative estimate of drug-likeness (QED) is 0.355. The first-order valence-electron chi connectivity index (χ1n) is 11.9. The Kier molecular flexibility index (Phi) is 7.89. The van der Waals surface area contributed by atoms with Crippen LogP contribution in [0.25, 0.3) is 0 Å². The Morgan fingerprint density at radius 1 is 1.03 bits per heavy atom. The number of esters is 1. The Bertz CT molecular complexity index is 1280. The molecule has 3 aromatic rings. The fourth-order valence-corrected chi connectivity index (χ4v) is 4.56. The van der Waals surface area contributed by atoms with E-state index >= 15 is 0 Å². The Hall–Kier alpha value is -3.45. The summed E-state index contributed by atoms with van der Waals surface area (Å²) in [4.78, 5) is 27.0. The highest BCUT2D eigenvalue weighted by atomic mass is 35.5. The van der Waals surface area contributed by atoms with Crippen LogP contribution in [0.2, 0.25) is 5.02 Å². The first-order chi connectivity index (χ1) is 17.3. The van der Waals surface area contributed by atoms with Gasteiger partial charge < -0.3 is 23.7 Å². The highest BCUT2D eigenvalue weighted by Crippen LogP contribution is 2.42. The van der Waals surface area contributed by atoms with Crippen LogP contribution in [0.15, 0.2) is 53.3 Å². The van der Waals surface area contributed by atoms with E-state index in [0.717, 1.165) is 35.3 Å². The summed E-state index contributed by atoms with van der Waals surface area (Å²) in [6.45, 7) is 0.997. The van der Waals surface area contributed by atoms with Gasteiger partial charge in [0.05, 0.1) is 33.4 Å². The predicted molar refractivity (Wildman–Crippen MR) is 141 cm³/mol. The minimum absolute atomic E-state index is 0.195. The number of methoxy groups -OCH3 is 3. The number of anilines is 1. The van der Waals surface area contributed by atoms with Crippen molar-refractivity contribution in [1.29, 1.82) is 0 Å². The molecule has 0 unspecified atom stereocenters. The van der Waals surface area contributed by atoms with Gasteiger partial charge in [-0.2, -0.15) is 0 Å². The molecule has 1 aromatic heterocycles. The van der Waals surface area contributed by atoms with Gasteiger partial charge in [0.1, 0.15) is 16.5 Å². The fourth-order valence-electron chi connectivity index (χ4n) is 4.34. The zero-order valence-corrected chi connectivity index (χ0v) is 21.8. The Morgan fingerprint density at radius 2 is 1.67 bits per heavy atom. The molecule has 1 aliphatic rings. The molecule has 1 saturated carbocycles. The number of pyridine rings is 1. The molecular weight excluding hydrogens is 480 g/mol. The lowest BCUT2D eigenvalue weighted by Crippen LogP contribution is -2.30. The molecule has 0 aliphatic heterocycles. The van der Waals surface area contributed by atoms with Gasteiger partial charge in [-0.05, 0) is 54.5 Å². The lowest BCUT2D eigenvalue weighted by molar-refractivity contribution is 0.0600. The molecule has 2 aromatic carbocycles. The molecule has 0 saturated heterocycles. The largest absolute Gasteiger partial charge is 0.497 e. The van der Waals surface area contributed by atoms with Crippen LogP contribution in [-0.4, -0.2) is 38.9 Å². The predicted octanol–water partition coefficient (Wildman–Crippen LogP) is 5.06. The zero-order valence-electron chi connectivity index (χ0n) is 21.0. The van der Waals surface area contributed by atoms with Crippen LogP contribution in [-0.2, 0) is 24.2 Å². The van der Waals surface area contributed by atoms with Crippen LogP contribution in [0.1, 0.15) is 45.9 Å². The zero-order chi connectivity index (χ0) is 25.8. The third kappa shape index (κ3) is 5.68. The monoisotopic (exact) mass is 510 g/mol. The Balaban J connectivity index is 1.65. The number of rotatable bonds is 10. The lowest BCUT2D eigenvalue weighted by atomic mass is 10.1. The molecule has 8 heteroatoms. The number of benzene rings is 2. The van der Waals surface area contributed by atoms with E-state index in [1.165, 1.54) is 7.11 Å². The number of aromatic nitrogens is 1. The number of halogens is 1. The van der Waals surface area contributed by atoms with Crippen molar-refractivity contribution in [1.82, 2.24) is 4.57 Å². The first kappa shape index (κ1) is 25.6. The minimum atomic E-state index is -0.374. The van der Waals surface area contributed by atoms with Crippen LogP contribution in [0.4, 0.5) is 5.69 Å². The van der Waals surface area contributed by atoms with Gasteiger partial charge in [0, 0.05) is 43.2 Å². The molecule has 190 valence electrons. The highest BCUT2D eigenvalue weighted by Gasteiger charge is 2.29. The molecule has 0 N–H and O–H groups in total. The van der Waals surface area contributed by atoms with E-state index in [4.69, 9.17) is 25.8 Å². The molecule has 7 nitrogen and oxygen atoms in total. The van der Waals surface area contributed by atoms with Gasteiger partial charge in [-0.15, -0.1) is 0 Å². The van der Waals surface area contributed by atoms with E-state index in [2.05, 4.69) is 4.90 Å². The van der Waals surface area contributed by atoms with Crippen molar-refractivity contribution in [2.75, 3.05) is 33.3 Å². The van der Waals surface area contributed by atoms with Crippen molar-refractivity contribution in [2.45, 2.75) is 38.3 Å². The van der Waals surface area contributed by atoms with Crippen LogP contribution < -0.4 is 19.9 Å². The van der Waals surface area contributed by atoms with Crippen molar-refractivity contribution in [2.24, 2.45) is 0 Å². The molecule has 0 spiro atoms. The lowest BCUT2D eigenvalue weighted by Gasteiger charge is -2.25. The molecule has 0 atom stereocenters. The van der Waals surface area contributed by atoms with E-state index in [0.29, 0.717) is 42.5 Å². The summed E-state index contributed by atoms with van der Waals surface area (Å²) in [7, 11) is 6.59. The van der Waals surface area contributed by atoms with Gasteiger partial charge in [0.2, 0.25) is 0 Å². The van der Waals surface area contributed by atoms with Gasteiger partial charge >= 0.3 is 5.97 Å². The maximum absolute atomic E-state index is 13.2. The molecular formula is C28H31ClN2O5. The number of carbonyl (C=O) groups excluding carboxylic acids is 1. The van der Waals surface area contributed by atoms with Crippen molar-refractivity contribution in [3.63, 3.8) is 0 Å². The summed E-state index contributed by atoms with van der Waals surface area (Å²) in [5, 5.41) is 0.243. The van der Waals surface area contributed by atoms with Crippen molar-refractivity contribution < 1.29 is 19.0 Å². The second-order valence-electron chi connectivity index (χ2n) is 8.99. The average molecular weight is 511 g/mol. The van der Waals surface area contributed by atoms with E-state index in [9.17, 15) is 9.59 Å². The van der Waals surface area contributed by atoms with E-state index in [-0.39, 0.29) is 16.6 Å². The Labute approximate surface area is 216 Å².